The quantitative estimate of drug-likeness (QED) is 0.791. The van der Waals surface area contributed by atoms with Crippen molar-refractivity contribution >= 4 is 21.6 Å². The molecule has 0 aromatic heterocycles. The maximum absolute atomic E-state index is 12.1. The fourth-order valence-electron chi connectivity index (χ4n) is 2.44. The molecular formula is C16H24N2O4S. The van der Waals surface area contributed by atoms with Crippen molar-refractivity contribution in [1.29, 1.82) is 0 Å². The number of nitrogens with one attached hydrogen (secondary N) is 2. The Morgan fingerprint density at radius 1 is 1.35 bits per heavy atom. The van der Waals surface area contributed by atoms with Crippen LogP contribution in [0.4, 0.5) is 5.69 Å². The van der Waals surface area contributed by atoms with Crippen LogP contribution < -0.4 is 10.0 Å². The number of benzene rings is 1. The van der Waals surface area contributed by atoms with Gasteiger partial charge in [0.1, 0.15) is 0 Å². The molecule has 0 spiro atoms. The van der Waals surface area contributed by atoms with Gasteiger partial charge in [0, 0.05) is 18.8 Å². The van der Waals surface area contributed by atoms with Crippen molar-refractivity contribution in [3.05, 3.63) is 29.8 Å². The van der Waals surface area contributed by atoms with Gasteiger partial charge in [-0.2, -0.15) is 0 Å². The van der Waals surface area contributed by atoms with Crippen molar-refractivity contribution in [2.45, 2.75) is 32.8 Å². The minimum absolute atomic E-state index is 0.0495. The van der Waals surface area contributed by atoms with E-state index in [1.807, 2.05) is 19.1 Å². The van der Waals surface area contributed by atoms with Crippen molar-refractivity contribution in [3.63, 3.8) is 0 Å². The molecule has 2 rings (SSSR count). The van der Waals surface area contributed by atoms with Gasteiger partial charge in [0.05, 0.1) is 17.8 Å². The molecular weight excluding hydrogens is 316 g/mol. The van der Waals surface area contributed by atoms with E-state index in [4.69, 9.17) is 4.74 Å². The van der Waals surface area contributed by atoms with Crippen LogP contribution in [-0.4, -0.2) is 39.3 Å². The van der Waals surface area contributed by atoms with E-state index in [-0.39, 0.29) is 17.8 Å². The zero-order valence-electron chi connectivity index (χ0n) is 13.5. The van der Waals surface area contributed by atoms with Gasteiger partial charge in [0.15, 0.2) is 0 Å². The minimum atomic E-state index is -3.57. The van der Waals surface area contributed by atoms with Crippen molar-refractivity contribution in [3.8, 4) is 0 Å². The lowest BCUT2D eigenvalue weighted by atomic mass is 10.2. The minimum Gasteiger partial charge on any atom is -0.376 e. The average Bonchev–Trinajstić information content (AvgIpc) is 2.99. The van der Waals surface area contributed by atoms with Crippen LogP contribution >= 0.6 is 0 Å². The molecule has 2 unspecified atom stereocenters. The normalized spacial score (nSPS) is 19.3. The lowest BCUT2D eigenvalue weighted by Crippen LogP contribution is -2.38. The smallest absolute Gasteiger partial charge is 0.233 e. The maximum Gasteiger partial charge on any atom is 0.233 e. The first-order chi connectivity index (χ1) is 10.9. The van der Waals surface area contributed by atoms with Gasteiger partial charge >= 0.3 is 0 Å². The predicted octanol–water partition coefficient (Wildman–Crippen LogP) is 1.67. The van der Waals surface area contributed by atoms with E-state index in [2.05, 4.69) is 10.0 Å². The Morgan fingerprint density at radius 2 is 2.04 bits per heavy atom. The van der Waals surface area contributed by atoms with Crippen LogP contribution in [0, 0.1) is 12.8 Å². The van der Waals surface area contributed by atoms with Crippen LogP contribution in [0.15, 0.2) is 24.3 Å². The number of carbonyl (C=O) groups is 1. The van der Waals surface area contributed by atoms with Crippen LogP contribution in [0.5, 0.6) is 0 Å². The number of ether oxygens (including phenoxy) is 1. The van der Waals surface area contributed by atoms with Crippen molar-refractivity contribution in [1.82, 2.24) is 5.32 Å². The van der Waals surface area contributed by atoms with Gasteiger partial charge in [0.2, 0.25) is 15.9 Å². The highest BCUT2D eigenvalue weighted by Crippen LogP contribution is 2.13. The molecule has 1 aromatic carbocycles. The molecule has 1 amide bonds. The van der Waals surface area contributed by atoms with Crippen molar-refractivity contribution in [2.24, 2.45) is 5.92 Å². The van der Waals surface area contributed by atoms with E-state index in [0.29, 0.717) is 12.2 Å². The van der Waals surface area contributed by atoms with Crippen LogP contribution in [0.3, 0.4) is 0 Å². The zero-order chi connectivity index (χ0) is 16.9. The monoisotopic (exact) mass is 340 g/mol. The number of anilines is 1. The van der Waals surface area contributed by atoms with Gasteiger partial charge in [-0.15, -0.1) is 0 Å². The molecule has 128 valence electrons. The highest BCUT2D eigenvalue weighted by molar-refractivity contribution is 7.92. The van der Waals surface area contributed by atoms with E-state index in [9.17, 15) is 13.2 Å². The second kappa shape index (κ2) is 7.79. The summed E-state index contributed by atoms with van der Waals surface area (Å²) < 4.78 is 32.2. The summed E-state index contributed by atoms with van der Waals surface area (Å²) in [5, 5.41) is 2.76. The van der Waals surface area contributed by atoms with Crippen LogP contribution in [0.25, 0.3) is 0 Å². The lowest BCUT2D eigenvalue weighted by Gasteiger charge is -2.16. The third kappa shape index (κ3) is 5.84. The third-order valence-electron chi connectivity index (χ3n) is 3.77. The Hall–Kier alpha value is -1.60. The SMILES string of the molecule is Cc1ccc(NS(=O)(=O)CC(C)C(=O)NCC2CCCO2)cc1. The molecule has 1 saturated heterocycles. The molecule has 0 aliphatic carbocycles. The molecule has 1 heterocycles. The van der Waals surface area contributed by atoms with E-state index in [1.165, 1.54) is 0 Å². The number of rotatable bonds is 7. The molecule has 0 saturated carbocycles. The Kier molecular flexibility index (Phi) is 6.01. The molecule has 2 atom stereocenters. The second-order valence-electron chi connectivity index (χ2n) is 6.03. The summed E-state index contributed by atoms with van der Waals surface area (Å²) in [4.78, 5) is 12.0. The van der Waals surface area contributed by atoms with Crippen molar-refractivity contribution in [2.75, 3.05) is 23.6 Å². The zero-order valence-corrected chi connectivity index (χ0v) is 14.4. The Bertz CT molecular complexity index is 622. The largest absolute Gasteiger partial charge is 0.376 e. The highest BCUT2D eigenvalue weighted by Gasteiger charge is 2.23. The van der Waals surface area contributed by atoms with Gasteiger partial charge in [0.25, 0.3) is 0 Å². The van der Waals surface area contributed by atoms with Gasteiger partial charge < -0.3 is 10.1 Å². The fourth-order valence-corrected chi connectivity index (χ4v) is 3.83. The lowest BCUT2D eigenvalue weighted by molar-refractivity contribution is -0.124. The topological polar surface area (TPSA) is 84.5 Å². The first kappa shape index (κ1) is 17.7. The molecule has 1 aromatic rings. The average molecular weight is 340 g/mol. The van der Waals surface area contributed by atoms with Crippen LogP contribution in [-0.2, 0) is 19.6 Å². The first-order valence-electron chi connectivity index (χ1n) is 7.82. The van der Waals surface area contributed by atoms with E-state index in [0.717, 1.165) is 25.0 Å². The molecule has 1 fully saturated rings. The first-order valence-corrected chi connectivity index (χ1v) is 9.47. The second-order valence-corrected chi connectivity index (χ2v) is 7.80. The summed E-state index contributed by atoms with van der Waals surface area (Å²) in [6.07, 6.45) is 1.99. The van der Waals surface area contributed by atoms with Crippen molar-refractivity contribution < 1.29 is 17.9 Å². The third-order valence-corrected chi connectivity index (χ3v) is 5.26. The molecule has 23 heavy (non-hydrogen) atoms. The molecule has 0 bridgehead atoms. The number of aryl methyl sites for hydroxylation is 1. The summed E-state index contributed by atoms with van der Waals surface area (Å²) in [6.45, 7) is 4.71. The summed E-state index contributed by atoms with van der Waals surface area (Å²) in [5.41, 5.74) is 1.55. The van der Waals surface area contributed by atoms with E-state index < -0.39 is 15.9 Å². The van der Waals surface area contributed by atoms with Gasteiger partial charge in [-0.3, -0.25) is 9.52 Å². The number of sulfonamides is 1. The Labute approximate surface area is 137 Å². The number of hydrogen-bond donors (Lipinski definition) is 2. The number of carbonyl (C=O) groups excluding carboxylic acids is 1. The summed E-state index contributed by atoms with van der Waals surface area (Å²) in [7, 11) is -3.57. The predicted molar refractivity (Wildman–Crippen MR) is 89.7 cm³/mol. The summed E-state index contributed by atoms with van der Waals surface area (Å²) in [6, 6.07) is 7.06. The van der Waals surface area contributed by atoms with Gasteiger partial charge in [-0.05, 0) is 31.9 Å². The molecule has 2 N–H and O–H groups in total. The summed E-state index contributed by atoms with van der Waals surface area (Å²) in [5.74, 6) is -1.15. The Balaban J connectivity index is 1.83. The van der Waals surface area contributed by atoms with E-state index in [1.54, 1.807) is 19.1 Å². The van der Waals surface area contributed by atoms with Gasteiger partial charge in [-0.25, -0.2) is 8.42 Å². The maximum atomic E-state index is 12.1. The fraction of sp³-hybridized carbons (Fsp3) is 0.562. The molecule has 7 heteroatoms. The molecule has 6 nitrogen and oxygen atoms in total. The van der Waals surface area contributed by atoms with E-state index >= 15 is 0 Å². The van der Waals surface area contributed by atoms with Crippen LogP contribution in [0.2, 0.25) is 0 Å². The van der Waals surface area contributed by atoms with Crippen LogP contribution in [0.1, 0.15) is 25.3 Å². The highest BCUT2D eigenvalue weighted by atomic mass is 32.2. The molecule has 0 radical (unpaired) electrons. The number of amides is 1. The molecule has 1 aliphatic heterocycles. The Morgan fingerprint density at radius 3 is 2.65 bits per heavy atom. The molecule has 1 aliphatic rings. The summed E-state index contributed by atoms with van der Waals surface area (Å²) >= 11 is 0. The number of hydrogen-bond acceptors (Lipinski definition) is 4. The standard InChI is InChI=1S/C16H24N2O4S/c1-12-5-7-14(8-6-12)18-23(20,21)11-13(2)16(19)17-10-15-4-3-9-22-15/h5-8,13,15,18H,3-4,9-11H2,1-2H3,(H,17,19). The van der Waals surface area contributed by atoms with Gasteiger partial charge in [-0.1, -0.05) is 24.6 Å².